The Bertz CT molecular complexity index is 761. The van der Waals surface area contributed by atoms with E-state index in [0.717, 1.165) is 22.9 Å². The van der Waals surface area contributed by atoms with Gasteiger partial charge in [0.25, 0.3) is 0 Å². The zero-order valence-electron chi connectivity index (χ0n) is 11.8. The van der Waals surface area contributed by atoms with Crippen LogP contribution in [-0.4, -0.2) is 15.9 Å². The van der Waals surface area contributed by atoms with Gasteiger partial charge in [-0.25, -0.2) is 0 Å². The summed E-state index contributed by atoms with van der Waals surface area (Å²) in [4.78, 5) is 0. The lowest BCUT2D eigenvalue weighted by Crippen LogP contribution is -2.03. The van der Waals surface area contributed by atoms with Crippen LogP contribution in [0.15, 0.2) is 65.9 Å². The van der Waals surface area contributed by atoms with Gasteiger partial charge in [0, 0.05) is 22.9 Å². The molecule has 0 aliphatic carbocycles. The predicted octanol–water partition coefficient (Wildman–Crippen LogP) is 3.66. The number of hydrazone groups is 1. The predicted molar refractivity (Wildman–Crippen MR) is 86.4 cm³/mol. The number of anilines is 1. The van der Waals surface area contributed by atoms with Gasteiger partial charge in [0.15, 0.2) is 5.82 Å². The van der Waals surface area contributed by atoms with Crippen molar-refractivity contribution in [3.8, 4) is 0 Å². The lowest BCUT2D eigenvalue weighted by Gasteiger charge is -2.05. The molecule has 104 valence electrons. The highest BCUT2D eigenvalue weighted by atomic mass is 15.3. The van der Waals surface area contributed by atoms with Crippen molar-refractivity contribution >= 4 is 22.3 Å². The lowest BCUT2D eigenvalue weighted by molar-refractivity contribution is 1.04. The van der Waals surface area contributed by atoms with Crippen molar-refractivity contribution in [1.82, 2.24) is 10.2 Å². The van der Waals surface area contributed by atoms with Gasteiger partial charge in [0.2, 0.25) is 0 Å². The summed E-state index contributed by atoms with van der Waals surface area (Å²) in [6.07, 6.45) is 2.56. The zero-order valence-corrected chi connectivity index (χ0v) is 11.8. The van der Waals surface area contributed by atoms with Crippen LogP contribution < -0.4 is 5.43 Å². The normalized spacial score (nSPS) is 11.6. The molecule has 0 bridgehead atoms. The van der Waals surface area contributed by atoms with E-state index in [1.54, 1.807) is 6.20 Å². The Morgan fingerprint density at radius 3 is 2.67 bits per heavy atom. The van der Waals surface area contributed by atoms with Crippen LogP contribution in [0.5, 0.6) is 0 Å². The second-order valence-corrected chi connectivity index (χ2v) is 4.90. The summed E-state index contributed by atoms with van der Waals surface area (Å²) in [7, 11) is 0. The number of rotatable bonds is 4. The van der Waals surface area contributed by atoms with E-state index in [1.807, 2.05) is 49.4 Å². The highest BCUT2D eigenvalue weighted by molar-refractivity contribution is 5.91. The maximum Gasteiger partial charge on any atom is 0.176 e. The molecule has 0 amide bonds. The van der Waals surface area contributed by atoms with Crippen LogP contribution in [0.1, 0.15) is 12.5 Å². The van der Waals surface area contributed by atoms with E-state index in [2.05, 4.69) is 32.9 Å². The van der Waals surface area contributed by atoms with Gasteiger partial charge in [-0.15, -0.1) is 5.10 Å². The number of aromatic nitrogens is 2. The van der Waals surface area contributed by atoms with E-state index in [1.165, 1.54) is 5.56 Å². The molecule has 0 atom stereocenters. The van der Waals surface area contributed by atoms with Crippen molar-refractivity contribution in [3.63, 3.8) is 0 Å². The smallest absolute Gasteiger partial charge is 0.176 e. The van der Waals surface area contributed by atoms with Gasteiger partial charge in [0.1, 0.15) is 0 Å². The van der Waals surface area contributed by atoms with Crippen molar-refractivity contribution in [2.24, 2.45) is 5.10 Å². The summed E-state index contributed by atoms with van der Waals surface area (Å²) in [6.45, 7) is 2.00. The molecule has 0 unspecified atom stereocenters. The molecule has 0 saturated carbocycles. The Morgan fingerprint density at radius 2 is 1.81 bits per heavy atom. The Hall–Kier alpha value is -2.75. The van der Waals surface area contributed by atoms with Gasteiger partial charge < -0.3 is 0 Å². The van der Waals surface area contributed by atoms with Crippen LogP contribution in [-0.2, 0) is 6.42 Å². The molecule has 4 nitrogen and oxygen atoms in total. The minimum absolute atomic E-state index is 0.681. The van der Waals surface area contributed by atoms with Crippen LogP contribution >= 0.6 is 0 Å². The van der Waals surface area contributed by atoms with Crippen LogP contribution in [0.4, 0.5) is 5.82 Å². The summed E-state index contributed by atoms with van der Waals surface area (Å²) in [5.74, 6) is 0.681. The first-order valence-corrected chi connectivity index (χ1v) is 6.86. The zero-order chi connectivity index (χ0) is 14.5. The molecular weight excluding hydrogens is 260 g/mol. The molecule has 1 heterocycles. The largest absolute Gasteiger partial charge is 0.259 e. The minimum atomic E-state index is 0.681. The van der Waals surface area contributed by atoms with E-state index < -0.39 is 0 Å². The highest BCUT2D eigenvalue weighted by Crippen LogP contribution is 2.19. The van der Waals surface area contributed by atoms with Crippen LogP contribution in [0.2, 0.25) is 0 Å². The monoisotopic (exact) mass is 276 g/mol. The number of benzene rings is 2. The van der Waals surface area contributed by atoms with E-state index in [-0.39, 0.29) is 0 Å². The molecular formula is C17H16N4. The van der Waals surface area contributed by atoms with Gasteiger partial charge >= 0.3 is 0 Å². The SMILES string of the molecule is C/C(Cc1ccccc1)=N/Nc1nncc2ccccc12. The average molecular weight is 276 g/mol. The molecule has 3 rings (SSSR count). The molecule has 4 heteroatoms. The number of hydrogen-bond acceptors (Lipinski definition) is 4. The third kappa shape index (κ3) is 3.23. The molecule has 0 spiro atoms. The molecule has 2 aromatic carbocycles. The van der Waals surface area contributed by atoms with Crippen molar-refractivity contribution in [1.29, 1.82) is 0 Å². The van der Waals surface area contributed by atoms with Gasteiger partial charge in [-0.1, -0.05) is 54.6 Å². The molecule has 1 N–H and O–H groups in total. The first-order valence-electron chi connectivity index (χ1n) is 6.86. The molecule has 1 aromatic heterocycles. The lowest BCUT2D eigenvalue weighted by atomic mass is 10.1. The molecule has 0 fully saturated rings. The third-order valence-corrected chi connectivity index (χ3v) is 3.23. The maximum absolute atomic E-state index is 4.40. The van der Waals surface area contributed by atoms with Crippen LogP contribution in [0, 0.1) is 0 Å². The second kappa shape index (κ2) is 6.13. The topological polar surface area (TPSA) is 50.2 Å². The van der Waals surface area contributed by atoms with Crippen molar-refractivity contribution in [3.05, 3.63) is 66.4 Å². The second-order valence-electron chi connectivity index (χ2n) is 4.90. The first kappa shape index (κ1) is 13.2. The van der Waals surface area contributed by atoms with Gasteiger partial charge in [0.05, 0.1) is 6.20 Å². The summed E-state index contributed by atoms with van der Waals surface area (Å²) in [5, 5.41) is 14.6. The first-order chi connectivity index (χ1) is 10.3. The minimum Gasteiger partial charge on any atom is -0.259 e. The standard InChI is InChI=1S/C17H16N4/c1-13(11-14-7-3-2-4-8-14)19-21-17-16-10-6-5-9-15(16)12-18-20-17/h2-10,12H,11H2,1H3,(H,20,21)/b19-13-. The Kier molecular flexibility index (Phi) is 3.87. The van der Waals surface area contributed by atoms with Crippen molar-refractivity contribution in [2.45, 2.75) is 13.3 Å². The van der Waals surface area contributed by atoms with Crippen molar-refractivity contribution < 1.29 is 0 Å². The van der Waals surface area contributed by atoms with Gasteiger partial charge in [-0.2, -0.15) is 10.2 Å². The maximum atomic E-state index is 4.40. The van der Waals surface area contributed by atoms with Gasteiger partial charge in [-0.3, -0.25) is 5.43 Å². The Labute approximate surface area is 123 Å². The van der Waals surface area contributed by atoms with Crippen LogP contribution in [0.3, 0.4) is 0 Å². The number of fused-ring (bicyclic) bond motifs is 1. The highest BCUT2D eigenvalue weighted by Gasteiger charge is 2.02. The van der Waals surface area contributed by atoms with Crippen molar-refractivity contribution in [2.75, 3.05) is 5.43 Å². The fourth-order valence-electron chi connectivity index (χ4n) is 2.19. The van der Waals surface area contributed by atoms with Gasteiger partial charge in [-0.05, 0) is 12.5 Å². The molecule has 21 heavy (non-hydrogen) atoms. The third-order valence-electron chi connectivity index (χ3n) is 3.23. The summed E-state index contributed by atoms with van der Waals surface area (Å²) in [6, 6.07) is 18.3. The summed E-state index contributed by atoms with van der Waals surface area (Å²) in [5.41, 5.74) is 5.26. The molecule has 0 aliphatic rings. The fourth-order valence-corrected chi connectivity index (χ4v) is 2.19. The van der Waals surface area contributed by atoms with Crippen LogP contribution in [0.25, 0.3) is 10.8 Å². The molecule has 0 aliphatic heterocycles. The Balaban J connectivity index is 1.78. The Morgan fingerprint density at radius 1 is 1.05 bits per heavy atom. The molecule has 0 radical (unpaired) electrons. The van der Waals surface area contributed by atoms with E-state index >= 15 is 0 Å². The number of nitrogens with zero attached hydrogens (tertiary/aromatic N) is 3. The number of nitrogens with one attached hydrogen (secondary N) is 1. The summed E-state index contributed by atoms with van der Waals surface area (Å²) >= 11 is 0. The molecule has 0 saturated heterocycles. The fraction of sp³-hybridized carbons (Fsp3) is 0.118. The van der Waals surface area contributed by atoms with E-state index in [9.17, 15) is 0 Å². The van der Waals surface area contributed by atoms with E-state index in [4.69, 9.17) is 0 Å². The quantitative estimate of drug-likeness (QED) is 0.584. The average Bonchev–Trinajstić information content (AvgIpc) is 2.54. The molecule has 3 aromatic rings. The van der Waals surface area contributed by atoms with E-state index in [0.29, 0.717) is 5.82 Å². The summed E-state index contributed by atoms with van der Waals surface area (Å²) < 4.78 is 0. The number of hydrogen-bond donors (Lipinski definition) is 1.